The first kappa shape index (κ1) is 16.2. The van der Waals surface area contributed by atoms with Crippen LogP contribution >= 0.6 is 24.0 Å². The molecule has 0 spiro atoms. The molecule has 0 aromatic carbocycles. The molecule has 1 saturated heterocycles. The third kappa shape index (κ3) is 4.63. The molecule has 0 amide bonds. The van der Waals surface area contributed by atoms with E-state index in [0.717, 1.165) is 25.5 Å². The van der Waals surface area contributed by atoms with Gasteiger partial charge in [0.05, 0.1) is 0 Å². The van der Waals surface area contributed by atoms with Gasteiger partial charge in [0.2, 0.25) is 0 Å². The van der Waals surface area contributed by atoms with Crippen LogP contribution in [0.4, 0.5) is 0 Å². The van der Waals surface area contributed by atoms with Gasteiger partial charge < -0.3 is 15.2 Å². The molecule has 2 rings (SSSR count). The van der Waals surface area contributed by atoms with E-state index in [2.05, 4.69) is 27.0 Å². The number of likely N-dealkylation sites (tertiary alicyclic amines) is 1. The number of aliphatic imine (C=N–C) groups is 1. The van der Waals surface area contributed by atoms with E-state index < -0.39 is 0 Å². The zero-order valence-electron chi connectivity index (χ0n) is 11.5. The van der Waals surface area contributed by atoms with E-state index in [4.69, 9.17) is 5.73 Å². The van der Waals surface area contributed by atoms with Crippen molar-refractivity contribution in [2.75, 3.05) is 13.1 Å². The largest absolute Gasteiger partial charge is 0.370 e. The van der Waals surface area contributed by atoms with Crippen LogP contribution in [0.1, 0.15) is 38.4 Å². The minimum absolute atomic E-state index is 0. The molecular weight excluding hydrogens is 355 g/mol. The molecule has 108 valence electrons. The van der Waals surface area contributed by atoms with Crippen LogP contribution in [0.3, 0.4) is 0 Å². The molecule has 1 aromatic heterocycles. The first-order chi connectivity index (χ1) is 8.81. The van der Waals surface area contributed by atoms with Gasteiger partial charge in [-0.2, -0.15) is 0 Å². The highest BCUT2D eigenvalue weighted by Gasteiger charge is 2.11. The average Bonchev–Trinajstić information content (AvgIpc) is 2.67. The number of aromatic nitrogens is 3. The lowest BCUT2D eigenvalue weighted by Gasteiger charge is -2.20. The molecule has 0 bridgehead atoms. The normalized spacial score (nSPS) is 16.9. The SMILES string of the molecule is CCn1cnnc1CN=C(N)N1CCCCCC1.I. The Bertz CT molecular complexity index is 395. The Morgan fingerprint density at radius 2 is 2.00 bits per heavy atom. The van der Waals surface area contributed by atoms with E-state index in [-0.39, 0.29) is 24.0 Å². The molecule has 0 aliphatic carbocycles. The van der Waals surface area contributed by atoms with Gasteiger partial charge in [0.1, 0.15) is 12.9 Å². The summed E-state index contributed by atoms with van der Waals surface area (Å²) < 4.78 is 1.99. The van der Waals surface area contributed by atoms with E-state index in [1.807, 2.05) is 4.57 Å². The second-order valence-electron chi connectivity index (χ2n) is 4.61. The zero-order valence-corrected chi connectivity index (χ0v) is 13.8. The highest BCUT2D eigenvalue weighted by molar-refractivity contribution is 14.0. The lowest BCUT2D eigenvalue weighted by atomic mass is 10.2. The van der Waals surface area contributed by atoms with Crippen molar-refractivity contribution in [1.29, 1.82) is 0 Å². The zero-order chi connectivity index (χ0) is 12.8. The molecule has 7 heteroatoms. The minimum Gasteiger partial charge on any atom is -0.370 e. The highest BCUT2D eigenvalue weighted by atomic mass is 127. The van der Waals surface area contributed by atoms with Gasteiger partial charge in [0, 0.05) is 19.6 Å². The Labute approximate surface area is 131 Å². The molecule has 6 nitrogen and oxygen atoms in total. The third-order valence-electron chi connectivity index (χ3n) is 3.35. The van der Waals surface area contributed by atoms with Crippen molar-refractivity contribution in [1.82, 2.24) is 19.7 Å². The van der Waals surface area contributed by atoms with Gasteiger partial charge in [0.15, 0.2) is 11.8 Å². The fraction of sp³-hybridized carbons (Fsp3) is 0.750. The fourth-order valence-electron chi connectivity index (χ4n) is 2.22. The Balaban J connectivity index is 0.00000180. The molecule has 1 fully saturated rings. The lowest BCUT2D eigenvalue weighted by Crippen LogP contribution is -2.38. The van der Waals surface area contributed by atoms with Gasteiger partial charge in [0.25, 0.3) is 0 Å². The first-order valence-corrected chi connectivity index (χ1v) is 6.73. The summed E-state index contributed by atoms with van der Waals surface area (Å²) >= 11 is 0. The molecule has 19 heavy (non-hydrogen) atoms. The number of aryl methyl sites for hydroxylation is 1. The third-order valence-corrected chi connectivity index (χ3v) is 3.35. The van der Waals surface area contributed by atoms with Crippen LogP contribution in [0.15, 0.2) is 11.3 Å². The summed E-state index contributed by atoms with van der Waals surface area (Å²) in [5.41, 5.74) is 6.04. The summed E-state index contributed by atoms with van der Waals surface area (Å²) in [6.07, 6.45) is 6.75. The van der Waals surface area contributed by atoms with E-state index in [1.165, 1.54) is 25.7 Å². The molecule has 2 N–H and O–H groups in total. The second kappa shape index (κ2) is 8.34. The molecule has 1 aromatic rings. The van der Waals surface area contributed by atoms with Crippen molar-refractivity contribution >= 4 is 29.9 Å². The number of hydrogen-bond donors (Lipinski definition) is 1. The quantitative estimate of drug-likeness (QED) is 0.493. The molecule has 1 aliphatic rings. The van der Waals surface area contributed by atoms with Crippen LogP contribution in [0.5, 0.6) is 0 Å². The molecular formula is C12H23IN6. The Kier molecular flexibility index (Phi) is 7.11. The van der Waals surface area contributed by atoms with Gasteiger partial charge in [-0.1, -0.05) is 12.8 Å². The minimum atomic E-state index is 0. The van der Waals surface area contributed by atoms with E-state index >= 15 is 0 Å². The van der Waals surface area contributed by atoms with Crippen molar-refractivity contribution < 1.29 is 0 Å². The van der Waals surface area contributed by atoms with E-state index in [0.29, 0.717) is 12.5 Å². The molecule has 0 saturated carbocycles. The molecule has 1 aliphatic heterocycles. The topological polar surface area (TPSA) is 72.3 Å². The summed E-state index contributed by atoms with van der Waals surface area (Å²) in [5.74, 6) is 1.51. The summed E-state index contributed by atoms with van der Waals surface area (Å²) in [6, 6.07) is 0. The summed E-state index contributed by atoms with van der Waals surface area (Å²) in [7, 11) is 0. The lowest BCUT2D eigenvalue weighted by molar-refractivity contribution is 0.428. The smallest absolute Gasteiger partial charge is 0.191 e. The Morgan fingerprint density at radius 1 is 1.32 bits per heavy atom. The Hall–Kier alpha value is -0.860. The van der Waals surface area contributed by atoms with Crippen LogP contribution in [0.25, 0.3) is 0 Å². The highest BCUT2D eigenvalue weighted by Crippen LogP contribution is 2.09. The standard InChI is InChI=1S/C12H22N6.HI/c1-2-17-10-15-16-11(17)9-14-12(13)18-7-5-3-4-6-8-18;/h10H,2-9H2,1H3,(H2,13,14);1H. The number of hydrogen-bond acceptors (Lipinski definition) is 3. The first-order valence-electron chi connectivity index (χ1n) is 6.73. The van der Waals surface area contributed by atoms with Crippen LogP contribution in [0, 0.1) is 0 Å². The predicted octanol–water partition coefficient (Wildman–Crippen LogP) is 1.61. The van der Waals surface area contributed by atoms with Gasteiger partial charge in [-0.25, -0.2) is 4.99 Å². The van der Waals surface area contributed by atoms with Crippen molar-refractivity contribution in [3.05, 3.63) is 12.2 Å². The van der Waals surface area contributed by atoms with Crippen molar-refractivity contribution in [2.45, 2.75) is 45.7 Å². The summed E-state index contributed by atoms with van der Waals surface area (Å²) in [6.45, 7) is 5.48. The molecule has 0 radical (unpaired) electrons. The summed E-state index contributed by atoms with van der Waals surface area (Å²) in [4.78, 5) is 6.62. The van der Waals surface area contributed by atoms with E-state index in [1.54, 1.807) is 6.33 Å². The van der Waals surface area contributed by atoms with Crippen molar-refractivity contribution in [3.63, 3.8) is 0 Å². The number of halogens is 1. The van der Waals surface area contributed by atoms with Crippen LogP contribution in [0.2, 0.25) is 0 Å². The van der Waals surface area contributed by atoms with Gasteiger partial charge in [-0.3, -0.25) is 0 Å². The molecule has 2 heterocycles. The van der Waals surface area contributed by atoms with Crippen molar-refractivity contribution in [2.24, 2.45) is 10.7 Å². The van der Waals surface area contributed by atoms with Gasteiger partial charge >= 0.3 is 0 Å². The van der Waals surface area contributed by atoms with Crippen LogP contribution in [-0.2, 0) is 13.1 Å². The van der Waals surface area contributed by atoms with Crippen molar-refractivity contribution in [3.8, 4) is 0 Å². The maximum Gasteiger partial charge on any atom is 0.191 e. The van der Waals surface area contributed by atoms with Gasteiger partial charge in [-0.15, -0.1) is 34.2 Å². The number of nitrogens with two attached hydrogens (primary N) is 1. The number of rotatable bonds is 3. The van der Waals surface area contributed by atoms with Crippen LogP contribution in [-0.4, -0.2) is 38.7 Å². The average molecular weight is 378 g/mol. The van der Waals surface area contributed by atoms with Gasteiger partial charge in [-0.05, 0) is 19.8 Å². The second-order valence-corrected chi connectivity index (χ2v) is 4.61. The Morgan fingerprint density at radius 3 is 2.63 bits per heavy atom. The number of guanidine groups is 1. The maximum absolute atomic E-state index is 6.04. The number of nitrogens with zero attached hydrogens (tertiary/aromatic N) is 5. The maximum atomic E-state index is 6.04. The van der Waals surface area contributed by atoms with Crippen LogP contribution < -0.4 is 5.73 Å². The fourth-order valence-corrected chi connectivity index (χ4v) is 2.22. The summed E-state index contributed by atoms with van der Waals surface area (Å²) in [5, 5.41) is 7.94. The van der Waals surface area contributed by atoms with E-state index in [9.17, 15) is 0 Å². The monoisotopic (exact) mass is 378 g/mol. The molecule has 0 unspecified atom stereocenters. The predicted molar refractivity (Wildman–Crippen MR) is 86.5 cm³/mol. The molecule has 0 atom stereocenters.